The molecule has 1 fully saturated rings. The lowest BCUT2D eigenvalue weighted by Gasteiger charge is -2.30. The fourth-order valence-electron chi connectivity index (χ4n) is 4.18. The highest BCUT2D eigenvalue weighted by Crippen LogP contribution is 2.36. The topological polar surface area (TPSA) is 0 Å². The molecule has 0 aromatic rings. The Morgan fingerprint density at radius 3 is 2.05 bits per heavy atom. The summed E-state index contributed by atoms with van der Waals surface area (Å²) >= 11 is 0. The number of hydrogen-bond donors (Lipinski definition) is 0. The molecule has 0 aromatic carbocycles. The van der Waals surface area contributed by atoms with Crippen molar-refractivity contribution in [1.82, 2.24) is 0 Å². The molecule has 1 aliphatic rings. The summed E-state index contributed by atoms with van der Waals surface area (Å²) in [5.41, 5.74) is 0. The zero-order chi connectivity index (χ0) is 15.5. The highest BCUT2D eigenvalue weighted by Gasteiger charge is 2.22. The normalized spacial score (nSPS) is 24.4. The summed E-state index contributed by atoms with van der Waals surface area (Å²) < 4.78 is 0. The summed E-state index contributed by atoms with van der Waals surface area (Å²) in [6, 6.07) is 0. The van der Waals surface area contributed by atoms with Crippen LogP contribution in [0.15, 0.2) is 0 Å². The van der Waals surface area contributed by atoms with Gasteiger partial charge in [0.15, 0.2) is 0 Å². The molecule has 0 saturated heterocycles. The molecule has 1 aliphatic carbocycles. The van der Waals surface area contributed by atoms with Crippen molar-refractivity contribution in [3.63, 3.8) is 0 Å². The summed E-state index contributed by atoms with van der Waals surface area (Å²) in [4.78, 5) is 0. The molecule has 0 aliphatic heterocycles. The summed E-state index contributed by atoms with van der Waals surface area (Å²) in [5.74, 6) is 4.00. The van der Waals surface area contributed by atoms with Crippen molar-refractivity contribution in [2.45, 2.75) is 111 Å². The average molecular weight is 295 g/mol. The maximum Gasteiger partial charge on any atom is -0.0412 e. The Bertz CT molecular complexity index is 222. The average Bonchev–Trinajstić information content (AvgIpc) is 2.45. The van der Waals surface area contributed by atoms with Crippen molar-refractivity contribution in [2.75, 3.05) is 0 Å². The van der Waals surface area contributed by atoms with Gasteiger partial charge >= 0.3 is 0 Å². The van der Waals surface area contributed by atoms with Crippen molar-refractivity contribution < 1.29 is 0 Å². The number of unbranched alkanes of at least 4 members (excludes halogenated alkanes) is 3. The highest BCUT2D eigenvalue weighted by molar-refractivity contribution is 4.74. The van der Waals surface area contributed by atoms with Crippen LogP contribution in [0.1, 0.15) is 111 Å². The minimum Gasteiger partial charge on any atom is -0.0654 e. The third-order valence-corrected chi connectivity index (χ3v) is 5.65. The van der Waals surface area contributed by atoms with E-state index in [2.05, 4.69) is 27.7 Å². The summed E-state index contributed by atoms with van der Waals surface area (Å²) in [6.45, 7) is 9.52. The zero-order valence-electron chi connectivity index (χ0n) is 15.5. The maximum absolute atomic E-state index is 2.50. The van der Waals surface area contributed by atoms with Crippen LogP contribution in [0.25, 0.3) is 0 Å². The second-order valence-electron chi connectivity index (χ2n) is 8.40. The lowest BCUT2D eigenvalue weighted by atomic mass is 9.76. The van der Waals surface area contributed by atoms with Crippen LogP contribution in [0.3, 0.4) is 0 Å². The number of hydrogen-bond acceptors (Lipinski definition) is 0. The van der Waals surface area contributed by atoms with Crippen LogP contribution >= 0.6 is 0 Å². The van der Waals surface area contributed by atoms with E-state index in [4.69, 9.17) is 0 Å². The van der Waals surface area contributed by atoms with E-state index in [1.165, 1.54) is 83.5 Å². The van der Waals surface area contributed by atoms with Crippen LogP contribution < -0.4 is 0 Å². The van der Waals surface area contributed by atoms with Gasteiger partial charge in [0.25, 0.3) is 0 Å². The Balaban J connectivity index is 2.04. The Kier molecular flexibility index (Phi) is 10.5. The van der Waals surface area contributed by atoms with Crippen LogP contribution in [0.4, 0.5) is 0 Å². The SMILES string of the molecule is CCCCCCC1CCC(CC(C)CCCC(C)C)CC1. The molecular formula is C21H42. The van der Waals surface area contributed by atoms with E-state index in [1.54, 1.807) is 0 Å². The van der Waals surface area contributed by atoms with Crippen LogP contribution in [-0.2, 0) is 0 Å². The Labute approximate surface area is 135 Å². The smallest absolute Gasteiger partial charge is 0.0412 e. The minimum atomic E-state index is 0.889. The molecule has 0 spiro atoms. The fraction of sp³-hybridized carbons (Fsp3) is 1.00. The van der Waals surface area contributed by atoms with Gasteiger partial charge in [0.05, 0.1) is 0 Å². The van der Waals surface area contributed by atoms with E-state index < -0.39 is 0 Å². The number of rotatable bonds is 11. The largest absolute Gasteiger partial charge is 0.0654 e. The molecule has 1 saturated carbocycles. The van der Waals surface area contributed by atoms with E-state index in [9.17, 15) is 0 Å². The fourth-order valence-corrected chi connectivity index (χ4v) is 4.18. The van der Waals surface area contributed by atoms with Gasteiger partial charge in [-0.05, 0) is 30.1 Å². The van der Waals surface area contributed by atoms with Gasteiger partial charge in [-0.2, -0.15) is 0 Å². The third kappa shape index (κ3) is 9.59. The first-order chi connectivity index (χ1) is 10.1. The summed E-state index contributed by atoms with van der Waals surface area (Å²) in [6.07, 6.45) is 19.3. The first kappa shape index (κ1) is 19.0. The van der Waals surface area contributed by atoms with Crippen LogP contribution in [0.2, 0.25) is 0 Å². The molecule has 0 heteroatoms. The second-order valence-corrected chi connectivity index (χ2v) is 8.40. The van der Waals surface area contributed by atoms with E-state index >= 15 is 0 Å². The second kappa shape index (κ2) is 11.6. The van der Waals surface area contributed by atoms with Crippen LogP contribution in [-0.4, -0.2) is 0 Å². The van der Waals surface area contributed by atoms with Crippen molar-refractivity contribution in [2.24, 2.45) is 23.7 Å². The van der Waals surface area contributed by atoms with Gasteiger partial charge in [-0.3, -0.25) is 0 Å². The van der Waals surface area contributed by atoms with E-state index in [0.717, 1.165) is 23.7 Å². The van der Waals surface area contributed by atoms with Crippen molar-refractivity contribution in [1.29, 1.82) is 0 Å². The molecule has 21 heavy (non-hydrogen) atoms. The molecule has 0 heterocycles. The molecule has 1 rings (SSSR count). The maximum atomic E-state index is 2.50. The van der Waals surface area contributed by atoms with Crippen LogP contribution in [0.5, 0.6) is 0 Å². The molecule has 1 unspecified atom stereocenters. The molecule has 0 bridgehead atoms. The van der Waals surface area contributed by atoms with E-state index in [0.29, 0.717) is 0 Å². The Morgan fingerprint density at radius 1 is 0.762 bits per heavy atom. The molecule has 0 amide bonds. The quantitative estimate of drug-likeness (QED) is 0.344. The molecule has 0 aromatic heterocycles. The van der Waals surface area contributed by atoms with Gasteiger partial charge in [-0.1, -0.05) is 105 Å². The van der Waals surface area contributed by atoms with Gasteiger partial charge in [0.1, 0.15) is 0 Å². The Hall–Kier alpha value is 0. The van der Waals surface area contributed by atoms with E-state index in [-0.39, 0.29) is 0 Å². The summed E-state index contributed by atoms with van der Waals surface area (Å²) in [7, 11) is 0. The molecule has 0 radical (unpaired) electrons. The monoisotopic (exact) mass is 294 g/mol. The van der Waals surface area contributed by atoms with Crippen molar-refractivity contribution in [3.05, 3.63) is 0 Å². The molecule has 126 valence electrons. The Morgan fingerprint density at radius 2 is 1.43 bits per heavy atom. The molecule has 0 N–H and O–H groups in total. The van der Waals surface area contributed by atoms with Crippen molar-refractivity contribution >= 4 is 0 Å². The standard InChI is InChI=1S/C21H42/c1-5-6-7-8-12-20-13-15-21(16-14-20)17-19(4)11-9-10-18(2)3/h18-21H,5-17H2,1-4H3. The first-order valence-electron chi connectivity index (χ1n) is 10.1. The van der Waals surface area contributed by atoms with Crippen LogP contribution in [0, 0.1) is 23.7 Å². The zero-order valence-corrected chi connectivity index (χ0v) is 15.5. The minimum absolute atomic E-state index is 0.889. The third-order valence-electron chi connectivity index (χ3n) is 5.65. The van der Waals surface area contributed by atoms with Crippen molar-refractivity contribution in [3.8, 4) is 0 Å². The van der Waals surface area contributed by atoms with E-state index in [1.807, 2.05) is 0 Å². The predicted octanol–water partition coefficient (Wildman–Crippen LogP) is 7.62. The first-order valence-corrected chi connectivity index (χ1v) is 10.1. The van der Waals surface area contributed by atoms with Gasteiger partial charge in [-0.15, -0.1) is 0 Å². The molecular weight excluding hydrogens is 252 g/mol. The lowest BCUT2D eigenvalue weighted by molar-refractivity contribution is 0.224. The summed E-state index contributed by atoms with van der Waals surface area (Å²) in [5, 5.41) is 0. The lowest BCUT2D eigenvalue weighted by Crippen LogP contribution is -2.16. The van der Waals surface area contributed by atoms with Gasteiger partial charge in [0.2, 0.25) is 0 Å². The predicted molar refractivity (Wildman–Crippen MR) is 96.7 cm³/mol. The highest BCUT2D eigenvalue weighted by atomic mass is 14.3. The van der Waals surface area contributed by atoms with Gasteiger partial charge in [0, 0.05) is 0 Å². The molecule has 0 nitrogen and oxygen atoms in total. The van der Waals surface area contributed by atoms with Gasteiger partial charge < -0.3 is 0 Å². The molecule has 1 atom stereocenters. The van der Waals surface area contributed by atoms with Gasteiger partial charge in [-0.25, -0.2) is 0 Å².